The fourth-order valence-electron chi connectivity index (χ4n) is 4.62. The van der Waals surface area contributed by atoms with Crippen LogP contribution in [0.25, 0.3) is 0 Å². The van der Waals surface area contributed by atoms with E-state index >= 15 is 0 Å². The summed E-state index contributed by atoms with van der Waals surface area (Å²) in [5.74, 6) is 0. The Balaban J connectivity index is 1.69. The lowest BCUT2D eigenvalue weighted by Crippen LogP contribution is -2.45. The van der Waals surface area contributed by atoms with E-state index in [4.69, 9.17) is 0 Å². The second-order valence-corrected chi connectivity index (χ2v) is 11.7. The van der Waals surface area contributed by atoms with Crippen molar-refractivity contribution < 1.29 is 16.8 Å². The van der Waals surface area contributed by atoms with Crippen molar-refractivity contribution in [2.45, 2.75) is 73.6 Å². The van der Waals surface area contributed by atoms with Crippen molar-refractivity contribution in [3.05, 3.63) is 23.8 Å². The van der Waals surface area contributed by atoms with E-state index in [1.54, 1.807) is 16.4 Å². The molecule has 0 unspecified atom stereocenters. The summed E-state index contributed by atoms with van der Waals surface area (Å²) in [6.45, 7) is 1.53. The van der Waals surface area contributed by atoms with Gasteiger partial charge in [0.05, 0.1) is 9.79 Å². The van der Waals surface area contributed by atoms with Crippen molar-refractivity contribution in [2.24, 2.45) is 0 Å². The van der Waals surface area contributed by atoms with Gasteiger partial charge in [-0.3, -0.25) is 0 Å². The number of nitrogens with zero attached hydrogens (tertiary/aromatic N) is 2. The highest BCUT2D eigenvalue weighted by atomic mass is 32.2. The molecule has 150 valence electrons. The SMILES string of the molecule is O=S(=O)(c1ccc2c(c1)S(=O)(=O)N(C1CCCCC1)CC2)N1CCCCC1. The molecule has 4 rings (SSSR count). The van der Waals surface area contributed by atoms with Crippen LogP contribution in [0.4, 0.5) is 0 Å². The van der Waals surface area contributed by atoms with E-state index < -0.39 is 20.0 Å². The Morgan fingerprint density at radius 3 is 2.26 bits per heavy atom. The number of piperidine rings is 1. The lowest BCUT2D eigenvalue weighted by atomic mass is 9.95. The first-order valence-corrected chi connectivity index (χ1v) is 12.9. The van der Waals surface area contributed by atoms with Gasteiger partial charge in [-0.05, 0) is 49.8 Å². The Labute approximate surface area is 162 Å². The molecular formula is C19H28N2O4S2. The molecule has 1 aromatic carbocycles. The standard InChI is InChI=1S/C19H28N2O4S2/c22-26(23,20-12-5-2-6-13-20)18-10-9-16-11-14-21(17-7-3-1-4-8-17)27(24,25)19(16)15-18/h9-10,15,17H,1-8,11-14H2. The second-order valence-electron chi connectivity index (χ2n) is 7.89. The number of rotatable bonds is 3. The third-order valence-electron chi connectivity index (χ3n) is 6.16. The minimum absolute atomic E-state index is 0.0549. The van der Waals surface area contributed by atoms with Gasteiger partial charge in [-0.25, -0.2) is 16.8 Å². The summed E-state index contributed by atoms with van der Waals surface area (Å²) in [7, 11) is -7.28. The Bertz CT molecular complexity index is 900. The maximum atomic E-state index is 13.3. The van der Waals surface area contributed by atoms with E-state index in [9.17, 15) is 16.8 Å². The van der Waals surface area contributed by atoms with E-state index in [2.05, 4.69) is 0 Å². The monoisotopic (exact) mass is 412 g/mol. The third kappa shape index (κ3) is 3.57. The zero-order valence-electron chi connectivity index (χ0n) is 15.6. The number of fused-ring (bicyclic) bond motifs is 1. The summed E-state index contributed by atoms with van der Waals surface area (Å²) in [5.41, 5.74) is 0.736. The van der Waals surface area contributed by atoms with Gasteiger partial charge in [0.1, 0.15) is 0 Å². The molecule has 1 saturated heterocycles. The van der Waals surface area contributed by atoms with Crippen LogP contribution in [0.1, 0.15) is 56.9 Å². The molecule has 3 aliphatic rings. The number of hydrogen-bond donors (Lipinski definition) is 0. The van der Waals surface area contributed by atoms with Crippen LogP contribution in [0, 0.1) is 0 Å². The van der Waals surface area contributed by atoms with Crippen molar-refractivity contribution in [1.29, 1.82) is 0 Å². The van der Waals surface area contributed by atoms with Gasteiger partial charge in [-0.15, -0.1) is 0 Å². The van der Waals surface area contributed by atoms with Crippen LogP contribution in [-0.4, -0.2) is 51.1 Å². The van der Waals surface area contributed by atoms with E-state index in [-0.39, 0.29) is 15.8 Å². The Kier molecular flexibility index (Phi) is 5.35. The van der Waals surface area contributed by atoms with Crippen molar-refractivity contribution in [2.75, 3.05) is 19.6 Å². The molecule has 0 atom stereocenters. The molecule has 2 heterocycles. The molecule has 8 heteroatoms. The van der Waals surface area contributed by atoms with Crippen LogP contribution >= 0.6 is 0 Å². The van der Waals surface area contributed by atoms with Gasteiger partial charge < -0.3 is 0 Å². The summed E-state index contributed by atoms with van der Waals surface area (Å²) >= 11 is 0. The quantitative estimate of drug-likeness (QED) is 0.765. The highest BCUT2D eigenvalue weighted by molar-refractivity contribution is 7.90. The smallest absolute Gasteiger partial charge is 0.207 e. The first-order chi connectivity index (χ1) is 12.9. The van der Waals surface area contributed by atoms with E-state index in [1.807, 2.05) is 0 Å². The molecule has 1 aliphatic carbocycles. The minimum Gasteiger partial charge on any atom is -0.207 e. The molecule has 0 spiro atoms. The molecule has 1 saturated carbocycles. The maximum absolute atomic E-state index is 13.3. The first kappa shape index (κ1) is 19.4. The van der Waals surface area contributed by atoms with E-state index in [0.29, 0.717) is 26.1 Å². The summed E-state index contributed by atoms with van der Waals surface area (Å²) in [6.07, 6.45) is 8.51. The van der Waals surface area contributed by atoms with Crippen LogP contribution in [0.15, 0.2) is 28.0 Å². The normalized spacial score (nSPS) is 25.2. The van der Waals surface area contributed by atoms with E-state index in [0.717, 1.165) is 50.5 Å². The Hall–Kier alpha value is -0.960. The van der Waals surface area contributed by atoms with Gasteiger partial charge >= 0.3 is 0 Å². The van der Waals surface area contributed by atoms with Gasteiger partial charge in [0, 0.05) is 25.7 Å². The van der Waals surface area contributed by atoms with Gasteiger partial charge in [0.15, 0.2) is 0 Å². The molecule has 0 bridgehead atoms. The maximum Gasteiger partial charge on any atom is 0.243 e. The highest BCUT2D eigenvalue weighted by Gasteiger charge is 2.38. The molecule has 0 N–H and O–H groups in total. The van der Waals surface area contributed by atoms with Crippen LogP contribution in [-0.2, 0) is 26.5 Å². The van der Waals surface area contributed by atoms with Crippen LogP contribution < -0.4 is 0 Å². The van der Waals surface area contributed by atoms with Gasteiger partial charge in [0.25, 0.3) is 0 Å². The average Bonchev–Trinajstić information content (AvgIpc) is 2.69. The summed E-state index contributed by atoms with van der Waals surface area (Å²) in [4.78, 5) is 0.301. The molecule has 0 aromatic heterocycles. The third-order valence-corrected chi connectivity index (χ3v) is 10.1. The predicted octanol–water partition coefficient (Wildman–Crippen LogP) is 2.74. The number of sulfonamides is 2. The molecular weight excluding hydrogens is 384 g/mol. The van der Waals surface area contributed by atoms with Crippen LogP contribution in [0.3, 0.4) is 0 Å². The van der Waals surface area contributed by atoms with Crippen molar-refractivity contribution in [3.63, 3.8) is 0 Å². The summed E-state index contributed by atoms with van der Waals surface area (Å²) < 4.78 is 55.6. The second kappa shape index (κ2) is 7.46. The van der Waals surface area contributed by atoms with Gasteiger partial charge in [-0.1, -0.05) is 31.7 Å². The molecule has 2 fully saturated rings. The number of hydrogen-bond acceptors (Lipinski definition) is 4. The largest absolute Gasteiger partial charge is 0.243 e. The molecule has 1 aromatic rings. The molecule has 0 radical (unpaired) electrons. The van der Waals surface area contributed by atoms with E-state index in [1.165, 1.54) is 16.8 Å². The zero-order chi connectivity index (χ0) is 19.1. The summed E-state index contributed by atoms with van der Waals surface area (Å²) in [5, 5.41) is 0. The fraction of sp³-hybridized carbons (Fsp3) is 0.684. The topological polar surface area (TPSA) is 74.8 Å². The Morgan fingerprint density at radius 2 is 1.56 bits per heavy atom. The zero-order valence-corrected chi connectivity index (χ0v) is 17.3. The summed E-state index contributed by atoms with van der Waals surface area (Å²) in [6, 6.07) is 4.74. The predicted molar refractivity (Wildman–Crippen MR) is 104 cm³/mol. The first-order valence-electron chi connectivity index (χ1n) is 10.1. The molecule has 2 aliphatic heterocycles. The van der Waals surface area contributed by atoms with Crippen molar-refractivity contribution in [3.8, 4) is 0 Å². The van der Waals surface area contributed by atoms with Crippen molar-refractivity contribution in [1.82, 2.24) is 8.61 Å². The van der Waals surface area contributed by atoms with Gasteiger partial charge in [-0.2, -0.15) is 8.61 Å². The lowest BCUT2D eigenvalue weighted by molar-refractivity contribution is 0.250. The molecule has 0 amide bonds. The highest BCUT2D eigenvalue weighted by Crippen LogP contribution is 2.34. The fourth-order valence-corrected chi connectivity index (χ4v) is 8.20. The van der Waals surface area contributed by atoms with Crippen molar-refractivity contribution >= 4 is 20.0 Å². The average molecular weight is 413 g/mol. The molecule has 6 nitrogen and oxygen atoms in total. The lowest BCUT2D eigenvalue weighted by Gasteiger charge is -2.36. The van der Waals surface area contributed by atoms with Crippen LogP contribution in [0.5, 0.6) is 0 Å². The van der Waals surface area contributed by atoms with Gasteiger partial charge in [0.2, 0.25) is 20.0 Å². The Morgan fingerprint density at radius 1 is 0.889 bits per heavy atom. The molecule has 27 heavy (non-hydrogen) atoms. The minimum atomic E-state index is -3.65. The van der Waals surface area contributed by atoms with Crippen LogP contribution in [0.2, 0.25) is 0 Å². The number of benzene rings is 1.